The third-order valence-electron chi connectivity index (χ3n) is 5.12. The fourth-order valence-corrected chi connectivity index (χ4v) is 3.38. The minimum absolute atomic E-state index is 0. The van der Waals surface area contributed by atoms with Crippen LogP contribution in [0.3, 0.4) is 0 Å². The van der Waals surface area contributed by atoms with E-state index in [2.05, 4.69) is 31.3 Å². The lowest BCUT2D eigenvalue weighted by Crippen LogP contribution is -2.57. The fraction of sp³-hybridized carbons (Fsp3) is 0.632. The van der Waals surface area contributed by atoms with Crippen molar-refractivity contribution in [2.45, 2.75) is 51.9 Å². The van der Waals surface area contributed by atoms with Gasteiger partial charge >= 0.3 is 0 Å². The Kier molecular flexibility index (Phi) is 7.11. The van der Waals surface area contributed by atoms with Crippen LogP contribution >= 0.6 is 12.4 Å². The number of carbonyl (C=O) groups is 1. The van der Waals surface area contributed by atoms with Gasteiger partial charge < -0.3 is 19.7 Å². The first-order valence-electron chi connectivity index (χ1n) is 8.92. The molecule has 1 aromatic rings. The third-order valence-corrected chi connectivity index (χ3v) is 5.12. The van der Waals surface area contributed by atoms with Crippen molar-refractivity contribution in [2.24, 2.45) is 0 Å². The van der Waals surface area contributed by atoms with Crippen molar-refractivity contribution in [1.82, 2.24) is 10.2 Å². The molecule has 0 unspecified atom stereocenters. The summed E-state index contributed by atoms with van der Waals surface area (Å²) in [5.41, 5.74) is 2.52. The molecule has 0 bridgehead atoms. The van der Waals surface area contributed by atoms with Crippen LogP contribution in [0.5, 0.6) is 5.75 Å². The predicted molar refractivity (Wildman–Crippen MR) is 101 cm³/mol. The monoisotopic (exact) mass is 368 g/mol. The number of nitrogens with one attached hydrogen (secondary N) is 1. The summed E-state index contributed by atoms with van der Waals surface area (Å²) in [5, 5.41) is 3.28. The van der Waals surface area contributed by atoms with Crippen molar-refractivity contribution in [1.29, 1.82) is 0 Å². The van der Waals surface area contributed by atoms with E-state index in [1.165, 1.54) is 11.1 Å². The quantitative estimate of drug-likeness (QED) is 0.890. The maximum Gasteiger partial charge on any atom is 0.242 e. The van der Waals surface area contributed by atoms with Crippen LogP contribution in [0.25, 0.3) is 0 Å². The van der Waals surface area contributed by atoms with Crippen LogP contribution in [0.1, 0.15) is 30.9 Å². The number of hydrogen-bond donors (Lipinski definition) is 1. The topological polar surface area (TPSA) is 50.8 Å². The molecule has 0 radical (unpaired) electrons. The molecule has 6 heteroatoms. The second-order valence-electron chi connectivity index (χ2n) is 6.90. The highest BCUT2D eigenvalue weighted by Gasteiger charge is 2.33. The van der Waals surface area contributed by atoms with Crippen LogP contribution < -0.4 is 10.1 Å². The van der Waals surface area contributed by atoms with Crippen LogP contribution in [-0.4, -0.2) is 55.3 Å². The van der Waals surface area contributed by atoms with Gasteiger partial charge in [0.2, 0.25) is 5.91 Å². The second-order valence-corrected chi connectivity index (χ2v) is 6.90. The molecular weight excluding hydrogens is 340 g/mol. The SMILES string of the molecule is Cc1ccc(OC2CCN(C(=O)[C@H]3NCCO[C@@H]3C)CC2)cc1C.Cl. The van der Waals surface area contributed by atoms with E-state index < -0.39 is 0 Å². The number of benzene rings is 1. The average molecular weight is 369 g/mol. The second kappa shape index (κ2) is 8.88. The summed E-state index contributed by atoms with van der Waals surface area (Å²) < 4.78 is 11.7. The Bertz CT molecular complexity index is 588. The van der Waals surface area contributed by atoms with Gasteiger partial charge in [0, 0.05) is 32.5 Å². The Hall–Kier alpha value is -1.30. The molecule has 2 atom stereocenters. The molecule has 1 aromatic carbocycles. The highest BCUT2D eigenvalue weighted by Crippen LogP contribution is 2.22. The van der Waals surface area contributed by atoms with E-state index in [0.717, 1.165) is 38.2 Å². The van der Waals surface area contributed by atoms with E-state index in [4.69, 9.17) is 9.47 Å². The largest absolute Gasteiger partial charge is 0.490 e. The van der Waals surface area contributed by atoms with E-state index in [1.54, 1.807) is 0 Å². The Morgan fingerprint density at radius 1 is 1.24 bits per heavy atom. The van der Waals surface area contributed by atoms with Gasteiger partial charge in [-0.25, -0.2) is 0 Å². The zero-order chi connectivity index (χ0) is 17.1. The molecule has 0 spiro atoms. The summed E-state index contributed by atoms with van der Waals surface area (Å²) in [6, 6.07) is 6.01. The van der Waals surface area contributed by atoms with Gasteiger partial charge in [0.1, 0.15) is 17.9 Å². The first-order chi connectivity index (χ1) is 11.5. The molecule has 25 heavy (non-hydrogen) atoms. The molecule has 2 fully saturated rings. The van der Waals surface area contributed by atoms with Gasteiger partial charge in [-0.2, -0.15) is 0 Å². The molecule has 140 valence electrons. The van der Waals surface area contributed by atoms with Crippen molar-refractivity contribution in [3.05, 3.63) is 29.3 Å². The third kappa shape index (κ3) is 4.87. The summed E-state index contributed by atoms with van der Waals surface area (Å²) in [5.74, 6) is 1.09. The van der Waals surface area contributed by atoms with Gasteiger partial charge in [0.05, 0.1) is 12.7 Å². The Morgan fingerprint density at radius 2 is 1.96 bits per heavy atom. The van der Waals surface area contributed by atoms with E-state index >= 15 is 0 Å². The summed E-state index contributed by atoms with van der Waals surface area (Å²) in [7, 11) is 0. The fourth-order valence-electron chi connectivity index (χ4n) is 3.38. The number of carbonyl (C=O) groups excluding carboxylic acids is 1. The summed E-state index contributed by atoms with van der Waals surface area (Å²) >= 11 is 0. The van der Waals surface area contributed by atoms with Gasteiger partial charge in [0.15, 0.2) is 0 Å². The zero-order valence-electron chi connectivity index (χ0n) is 15.3. The molecule has 2 aliphatic heterocycles. The van der Waals surface area contributed by atoms with Gasteiger partial charge in [-0.15, -0.1) is 12.4 Å². The van der Waals surface area contributed by atoms with Crippen LogP contribution in [0.4, 0.5) is 0 Å². The lowest BCUT2D eigenvalue weighted by atomic mass is 10.0. The molecule has 0 aromatic heterocycles. The number of amides is 1. The normalized spacial score (nSPS) is 24.5. The number of morpholine rings is 1. The highest BCUT2D eigenvalue weighted by atomic mass is 35.5. The Balaban J connectivity index is 0.00000225. The molecule has 2 aliphatic rings. The minimum Gasteiger partial charge on any atom is -0.490 e. The van der Waals surface area contributed by atoms with Crippen LogP contribution in [0, 0.1) is 13.8 Å². The number of ether oxygens (including phenoxy) is 2. The molecule has 2 heterocycles. The number of likely N-dealkylation sites (tertiary alicyclic amines) is 1. The molecule has 5 nitrogen and oxygen atoms in total. The number of rotatable bonds is 3. The van der Waals surface area contributed by atoms with E-state index in [0.29, 0.717) is 6.61 Å². The van der Waals surface area contributed by atoms with E-state index in [1.807, 2.05) is 17.9 Å². The zero-order valence-corrected chi connectivity index (χ0v) is 16.1. The lowest BCUT2D eigenvalue weighted by Gasteiger charge is -2.37. The molecule has 3 rings (SSSR count). The summed E-state index contributed by atoms with van der Waals surface area (Å²) in [6.07, 6.45) is 1.88. The first-order valence-corrected chi connectivity index (χ1v) is 8.92. The molecule has 0 aliphatic carbocycles. The first kappa shape index (κ1) is 20.0. The molecular formula is C19H29ClN2O3. The molecule has 1 amide bonds. The van der Waals surface area contributed by atoms with Crippen LogP contribution in [0.2, 0.25) is 0 Å². The maximum atomic E-state index is 12.7. The lowest BCUT2D eigenvalue weighted by molar-refractivity contribution is -0.141. The van der Waals surface area contributed by atoms with Crippen molar-refractivity contribution in [3.8, 4) is 5.75 Å². The number of nitrogens with zero attached hydrogens (tertiary/aromatic N) is 1. The number of hydrogen-bond acceptors (Lipinski definition) is 4. The minimum atomic E-state index is -0.212. The molecule has 0 saturated carbocycles. The number of aryl methyl sites for hydroxylation is 2. The molecule has 2 saturated heterocycles. The smallest absolute Gasteiger partial charge is 0.242 e. The summed E-state index contributed by atoms with van der Waals surface area (Å²) in [4.78, 5) is 14.6. The predicted octanol–water partition coefficient (Wildman–Crippen LogP) is 2.47. The van der Waals surface area contributed by atoms with Crippen molar-refractivity contribution in [3.63, 3.8) is 0 Å². The standard InChI is InChI=1S/C19H28N2O3.ClH/c1-13-4-5-17(12-14(13)2)24-16-6-9-21(10-7-16)19(22)18-15(3)23-11-8-20-18;/h4-5,12,15-16,18,20H,6-11H2,1-3H3;1H/t15-,18+;/m1./s1. The number of piperidine rings is 1. The average Bonchev–Trinajstić information content (AvgIpc) is 2.59. The Labute approximate surface area is 156 Å². The van der Waals surface area contributed by atoms with Crippen molar-refractivity contribution >= 4 is 18.3 Å². The molecule has 1 N–H and O–H groups in total. The van der Waals surface area contributed by atoms with E-state index in [9.17, 15) is 4.79 Å². The van der Waals surface area contributed by atoms with Crippen molar-refractivity contribution < 1.29 is 14.3 Å². The van der Waals surface area contributed by atoms with E-state index in [-0.39, 0.29) is 36.6 Å². The maximum absolute atomic E-state index is 12.7. The number of halogens is 1. The van der Waals surface area contributed by atoms with Gasteiger partial charge in [0.25, 0.3) is 0 Å². The van der Waals surface area contributed by atoms with Crippen LogP contribution in [0.15, 0.2) is 18.2 Å². The van der Waals surface area contributed by atoms with Crippen LogP contribution in [-0.2, 0) is 9.53 Å². The van der Waals surface area contributed by atoms with Gasteiger partial charge in [-0.05, 0) is 44.0 Å². The Morgan fingerprint density at radius 3 is 2.60 bits per heavy atom. The van der Waals surface area contributed by atoms with Gasteiger partial charge in [-0.3, -0.25) is 4.79 Å². The van der Waals surface area contributed by atoms with Crippen molar-refractivity contribution in [2.75, 3.05) is 26.2 Å². The summed E-state index contributed by atoms with van der Waals surface area (Å²) in [6.45, 7) is 9.09. The highest BCUT2D eigenvalue weighted by molar-refractivity contribution is 5.85. The van der Waals surface area contributed by atoms with Gasteiger partial charge in [-0.1, -0.05) is 6.07 Å².